The van der Waals surface area contributed by atoms with Gasteiger partial charge in [-0.2, -0.15) is 0 Å². The Hall–Kier alpha value is -1.62. The summed E-state index contributed by atoms with van der Waals surface area (Å²) in [6.45, 7) is 1.32. The number of hydrogen-bond donors (Lipinski definition) is 2. The van der Waals surface area contributed by atoms with E-state index < -0.39 is 5.82 Å². The van der Waals surface area contributed by atoms with Crippen molar-refractivity contribution in [3.63, 3.8) is 0 Å². The molecular weight excluding hydrogens is 247 g/mol. The minimum absolute atomic E-state index is 0.149. The molecule has 104 valence electrons. The van der Waals surface area contributed by atoms with Crippen LogP contribution in [0.1, 0.15) is 31.2 Å². The second-order valence-electron chi connectivity index (χ2n) is 4.68. The zero-order valence-corrected chi connectivity index (χ0v) is 10.8. The number of rotatable bonds is 6. The van der Waals surface area contributed by atoms with Crippen molar-refractivity contribution in [1.82, 2.24) is 0 Å². The molecule has 0 aromatic heterocycles. The molecule has 1 heterocycles. The minimum Gasteiger partial charge on any atom is -0.491 e. The maximum absolute atomic E-state index is 13.6. The van der Waals surface area contributed by atoms with Gasteiger partial charge in [0.15, 0.2) is 11.6 Å². The summed E-state index contributed by atoms with van der Waals surface area (Å²) in [5.74, 6) is -0.425. The molecule has 0 aliphatic carbocycles. The molecular formula is C14H19FN2O2. The van der Waals surface area contributed by atoms with Gasteiger partial charge >= 0.3 is 0 Å². The smallest absolute Gasteiger partial charge is 0.165 e. The van der Waals surface area contributed by atoms with Gasteiger partial charge in [-0.1, -0.05) is 0 Å². The van der Waals surface area contributed by atoms with E-state index in [1.165, 1.54) is 12.1 Å². The SMILES string of the molecule is N=C(N)c1ccc(OCCCC2CCCO2)c(F)c1. The van der Waals surface area contributed by atoms with Gasteiger partial charge in [-0.3, -0.25) is 5.41 Å². The van der Waals surface area contributed by atoms with E-state index in [4.69, 9.17) is 20.6 Å². The van der Waals surface area contributed by atoms with Crippen molar-refractivity contribution in [2.75, 3.05) is 13.2 Å². The highest BCUT2D eigenvalue weighted by atomic mass is 19.1. The summed E-state index contributed by atoms with van der Waals surface area (Å²) in [6, 6.07) is 4.32. The molecule has 1 aliphatic heterocycles. The van der Waals surface area contributed by atoms with Gasteiger partial charge in [-0.25, -0.2) is 4.39 Å². The highest BCUT2D eigenvalue weighted by molar-refractivity contribution is 5.95. The van der Waals surface area contributed by atoms with Crippen LogP contribution >= 0.6 is 0 Å². The average molecular weight is 266 g/mol. The average Bonchev–Trinajstić information content (AvgIpc) is 2.89. The topological polar surface area (TPSA) is 68.3 Å². The molecule has 4 nitrogen and oxygen atoms in total. The quantitative estimate of drug-likeness (QED) is 0.472. The van der Waals surface area contributed by atoms with Gasteiger partial charge in [0.05, 0.1) is 12.7 Å². The van der Waals surface area contributed by atoms with Crippen molar-refractivity contribution < 1.29 is 13.9 Å². The first-order chi connectivity index (χ1) is 9.16. The maximum atomic E-state index is 13.6. The van der Waals surface area contributed by atoms with E-state index in [0.717, 1.165) is 32.3 Å². The molecule has 1 fully saturated rings. The molecule has 5 heteroatoms. The first-order valence-corrected chi connectivity index (χ1v) is 6.55. The van der Waals surface area contributed by atoms with E-state index >= 15 is 0 Å². The first-order valence-electron chi connectivity index (χ1n) is 6.55. The van der Waals surface area contributed by atoms with Gasteiger partial charge in [-0.05, 0) is 43.9 Å². The molecule has 1 aromatic rings. The number of benzene rings is 1. The molecule has 1 saturated heterocycles. The molecule has 3 N–H and O–H groups in total. The molecule has 0 saturated carbocycles. The second-order valence-corrected chi connectivity index (χ2v) is 4.68. The highest BCUT2D eigenvalue weighted by Crippen LogP contribution is 2.20. The van der Waals surface area contributed by atoms with Crippen LogP contribution in [-0.4, -0.2) is 25.2 Å². The molecule has 0 spiro atoms. The number of nitrogens with two attached hydrogens (primary N) is 1. The third kappa shape index (κ3) is 3.92. The fourth-order valence-corrected chi connectivity index (χ4v) is 2.15. The van der Waals surface area contributed by atoms with Gasteiger partial charge in [-0.15, -0.1) is 0 Å². The normalized spacial score (nSPS) is 18.5. The number of nitrogens with one attached hydrogen (secondary N) is 1. The van der Waals surface area contributed by atoms with Gasteiger partial charge in [0.2, 0.25) is 0 Å². The summed E-state index contributed by atoms with van der Waals surface area (Å²) in [4.78, 5) is 0. The van der Waals surface area contributed by atoms with E-state index in [9.17, 15) is 4.39 Å². The van der Waals surface area contributed by atoms with Gasteiger partial charge in [0, 0.05) is 12.2 Å². The third-order valence-electron chi connectivity index (χ3n) is 3.19. The molecule has 1 aromatic carbocycles. The minimum atomic E-state index is -0.482. The van der Waals surface area contributed by atoms with Crippen molar-refractivity contribution >= 4 is 5.84 Å². The Balaban J connectivity index is 1.77. The number of hydrogen-bond acceptors (Lipinski definition) is 3. The third-order valence-corrected chi connectivity index (χ3v) is 3.19. The first kappa shape index (κ1) is 13.8. The monoisotopic (exact) mass is 266 g/mol. The van der Waals surface area contributed by atoms with E-state index in [1.807, 2.05) is 0 Å². The lowest BCUT2D eigenvalue weighted by Gasteiger charge is -2.11. The van der Waals surface area contributed by atoms with E-state index in [1.54, 1.807) is 6.07 Å². The summed E-state index contributed by atoms with van der Waals surface area (Å²) in [5, 5.41) is 7.22. The predicted octanol–water partition coefficient (Wildman–Crippen LogP) is 2.45. The van der Waals surface area contributed by atoms with E-state index in [0.29, 0.717) is 18.3 Å². The van der Waals surface area contributed by atoms with Crippen molar-refractivity contribution in [3.8, 4) is 5.75 Å². The van der Waals surface area contributed by atoms with Gasteiger partial charge < -0.3 is 15.2 Å². The lowest BCUT2D eigenvalue weighted by atomic mass is 10.1. The molecule has 0 radical (unpaired) electrons. The second kappa shape index (κ2) is 6.52. The van der Waals surface area contributed by atoms with Gasteiger partial charge in [0.25, 0.3) is 0 Å². The van der Waals surface area contributed by atoms with Crippen molar-refractivity contribution in [3.05, 3.63) is 29.6 Å². The zero-order valence-electron chi connectivity index (χ0n) is 10.8. The Morgan fingerprint density at radius 2 is 2.37 bits per heavy atom. The van der Waals surface area contributed by atoms with Crippen LogP contribution in [0.2, 0.25) is 0 Å². The molecule has 1 atom stereocenters. The predicted molar refractivity (Wildman–Crippen MR) is 71.1 cm³/mol. The molecule has 2 rings (SSSR count). The van der Waals surface area contributed by atoms with Crippen LogP contribution in [0.5, 0.6) is 5.75 Å². The van der Waals surface area contributed by atoms with E-state index in [-0.39, 0.29) is 11.6 Å². The summed E-state index contributed by atoms with van der Waals surface area (Å²) < 4.78 is 24.5. The lowest BCUT2D eigenvalue weighted by Crippen LogP contribution is -2.12. The fourth-order valence-electron chi connectivity index (χ4n) is 2.15. The molecule has 19 heavy (non-hydrogen) atoms. The Morgan fingerprint density at radius 1 is 1.53 bits per heavy atom. The van der Waals surface area contributed by atoms with Crippen LogP contribution in [0, 0.1) is 11.2 Å². The Morgan fingerprint density at radius 3 is 3.00 bits per heavy atom. The highest BCUT2D eigenvalue weighted by Gasteiger charge is 2.14. The fraction of sp³-hybridized carbons (Fsp3) is 0.500. The summed E-state index contributed by atoms with van der Waals surface area (Å²) >= 11 is 0. The van der Waals surface area contributed by atoms with E-state index in [2.05, 4.69) is 0 Å². The number of ether oxygens (including phenoxy) is 2. The van der Waals surface area contributed by atoms with Crippen LogP contribution in [-0.2, 0) is 4.74 Å². The molecule has 1 aliphatic rings. The summed E-state index contributed by atoms with van der Waals surface area (Å²) in [6.07, 6.45) is 4.38. The standard InChI is InChI=1S/C14H19FN2O2/c15-12-9-10(14(16)17)5-6-13(12)19-8-2-4-11-3-1-7-18-11/h5-6,9,11H,1-4,7-8H2,(H3,16,17). The van der Waals surface area contributed by atoms with Crippen LogP contribution in [0.15, 0.2) is 18.2 Å². The van der Waals surface area contributed by atoms with Crippen molar-refractivity contribution in [1.29, 1.82) is 5.41 Å². The van der Waals surface area contributed by atoms with Crippen LogP contribution in [0.4, 0.5) is 4.39 Å². The zero-order chi connectivity index (χ0) is 13.7. The maximum Gasteiger partial charge on any atom is 0.165 e. The van der Waals surface area contributed by atoms with Gasteiger partial charge in [0.1, 0.15) is 5.84 Å². The number of amidine groups is 1. The molecule has 1 unspecified atom stereocenters. The van der Waals surface area contributed by atoms with Crippen LogP contribution in [0.25, 0.3) is 0 Å². The largest absolute Gasteiger partial charge is 0.491 e. The Bertz CT molecular complexity index is 445. The molecule has 0 amide bonds. The lowest BCUT2D eigenvalue weighted by molar-refractivity contribution is 0.0979. The Labute approximate surface area is 112 Å². The molecule has 0 bridgehead atoms. The van der Waals surface area contributed by atoms with Crippen LogP contribution < -0.4 is 10.5 Å². The summed E-state index contributed by atoms with van der Waals surface area (Å²) in [7, 11) is 0. The number of nitrogen functional groups attached to an aromatic ring is 1. The Kier molecular flexibility index (Phi) is 4.74. The number of halogens is 1. The van der Waals surface area contributed by atoms with Crippen molar-refractivity contribution in [2.24, 2.45) is 5.73 Å². The van der Waals surface area contributed by atoms with Crippen LogP contribution in [0.3, 0.4) is 0 Å². The van der Waals surface area contributed by atoms with Crippen molar-refractivity contribution in [2.45, 2.75) is 31.8 Å². The summed E-state index contributed by atoms with van der Waals surface area (Å²) in [5.41, 5.74) is 5.65.